The number of carbonyl (C=O) groups is 2. The Morgan fingerprint density at radius 2 is 1.88 bits per heavy atom. The van der Waals surface area contributed by atoms with Crippen molar-refractivity contribution in [2.24, 2.45) is 0 Å². The highest BCUT2D eigenvalue weighted by Crippen LogP contribution is 2.21. The van der Waals surface area contributed by atoms with E-state index >= 15 is 0 Å². The molecule has 128 valence electrons. The van der Waals surface area contributed by atoms with Crippen LogP contribution >= 0.6 is 0 Å². The van der Waals surface area contributed by atoms with Crippen molar-refractivity contribution in [3.8, 4) is 0 Å². The Balaban J connectivity index is 1.88. The van der Waals surface area contributed by atoms with E-state index in [1.54, 1.807) is 57.3 Å². The summed E-state index contributed by atoms with van der Waals surface area (Å²) in [5.74, 6) is 0.475. The first-order valence-electron chi connectivity index (χ1n) is 7.66. The second-order valence-electron chi connectivity index (χ2n) is 5.99. The van der Waals surface area contributed by atoms with Crippen molar-refractivity contribution in [1.29, 1.82) is 0 Å². The molecule has 0 bridgehead atoms. The number of nitrogens with one attached hydrogen (secondary N) is 1. The van der Waals surface area contributed by atoms with Gasteiger partial charge in [-0.1, -0.05) is 18.2 Å². The zero-order valence-electron chi connectivity index (χ0n) is 14.1. The van der Waals surface area contributed by atoms with E-state index in [0.717, 1.165) is 0 Å². The quantitative estimate of drug-likeness (QED) is 0.844. The largest absolute Gasteiger partial charge is 0.463 e. The van der Waals surface area contributed by atoms with Gasteiger partial charge >= 0.3 is 0 Å². The molecule has 0 saturated heterocycles. The number of hydrogen-bond acceptors (Lipinski definition) is 4. The number of hydrogen-bond donors (Lipinski definition) is 2. The molecular weight excluding hydrogens is 308 g/mol. The molecule has 6 heteroatoms. The molecule has 0 fully saturated rings. The summed E-state index contributed by atoms with van der Waals surface area (Å²) in [4.78, 5) is 25.5. The molecule has 6 nitrogen and oxygen atoms in total. The van der Waals surface area contributed by atoms with Gasteiger partial charge in [-0.2, -0.15) is 0 Å². The van der Waals surface area contributed by atoms with E-state index in [4.69, 9.17) is 4.42 Å². The van der Waals surface area contributed by atoms with Crippen LogP contribution in [0.2, 0.25) is 0 Å². The molecule has 0 aliphatic rings. The molecule has 2 rings (SSSR count). The number of aliphatic hydroxyl groups is 1. The Hall–Kier alpha value is -2.60. The van der Waals surface area contributed by atoms with Crippen LogP contribution < -0.4 is 5.32 Å². The lowest BCUT2D eigenvalue weighted by atomic mass is 10.0. The predicted molar refractivity (Wildman–Crippen MR) is 89.4 cm³/mol. The van der Waals surface area contributed by atoms with E-state index in [1.807, 2.05) is 6.07 Å². The summed E-state index contributed by atoms with van der Waals surface area (Å²) in [6.45, 7) is 3.24. The second kappa shape index (κ2) is 7.31. The number of aryl methyl sites for hydroxylation is 1. The summed E-state index contributed by atoms with van der Waals surface area (Å²) in [6.07, 6.45) is 0. The van der Waals surface area contributed by atoms with Crippen LogP contribution in [0.5, 0.6) is 0 Å². The van der Waals surface area contributed by atoms with E-state index in [1.165, 1.54) is 4.90 Å². The minimum Gasteiger partial charge on any atom is -0.463 e. The topological polar surface area (TPSA) is 82.8 Å². The Kier molecular flexibility index (Phi) is 5.41. The third kappa shape index (κ3) is 4.45. The van der Waals surface area contributed by atoms with Gasteiger partial charge in [0.15, 0.2) is 0 Å². The Bertz CT molecular complexity index is 707. The molecule has 24 heavy (non-hydrogen) atoms. The van der Waals surface area contributed by atoms with Gasteiger partial charge in [-0.25, -0.2) is 0 Å². The average Bonchev–Trinajstić information content (AvgIpc) is 3.00. The molecule has 2 aromatic rings. The predicted octanol–water partition coefficient (Wildman–Crippen LogP) is 1.68. The van der Waals surface area contributed by atoms with Crippen LogP contribution in [0.4, 0.5) is 0 Å². The lowest BCUT2D eigenvalue weighted by Gasteiger charge is -2.22. The molecule has 1 unspecified atom stereocenters. The van der Waals surface area contributed by atoms with E-state index < -0.39 is 5.60 Å². The number of furan rings is 1. The first-order chi connectivity index (χ1) is 11.3. The standard InChI is InChI=1S/C18H22N2O4/c1-13-9-10-15(24-13)18(2,23)12-19-16(21)11-20(3)17(22)14-7-5-4-6-8-14/h4-10,23H,11-12H2,1-3H3,(H,19,21). The van der Waals surface area contributed by atoms with Crippen molar-refractivity contribution >= 4 is 11.8 Å². The molecule has 0 radical (unpaired) electrons. The number of amides is 2. The third-order valence-electron chi connectivity index (χ3n) is 3.65. The minimum absolute atomic E-state index is 0.00778. The van der Waals surface area contributed by atoms with E-state index in [2.05, 4.69) is 5.32 Å². The zero-order chi connectivity index (χ0) is 17.7. The molecule has 1 aromatic heterocycles. The Morgan fingerprint density at radius 3 is 2.46 bits per heavy atom. The van der Waals surface area contributed by atoms with Crippen LogP contribution in [0.15, 0.2) is 46.9 Å². The molecule has 2 N–H and O–H groups in total. The van der Waals surface area contributed by atoms with Gasteiger partial charge in [0.25, 0.3) is 5.91 Å². The van der Waals surface area contributed by atoms with Crippen LogP contribution in [0.1, 0.15) is 28.8 Å². The zero-order valence-corrected chi connectivity index (χ0v) is 14.1. The maximum atomic E-state index is 12.2. The van der Waals surface area contributed by atoms with Gasteiger partial charge in [-0.3, -0.25) is 9.59 Å². The van der Waals surface area contributed by atoms with Crippen LogP contribution in [-0.4, -0.2) is 42.0 Å². The molecular formula is C18H22N2O4. The fraction of sp³-hybridized carbons (Fsp3) is 0.333. The van der Waals surface area contributed by atoms with Gasteiger partial charge < -0.3 is 19.7 Å². The maximum Gasteiger partial charge on any atom is 0.254 e. The lowest BCUT2D eigenvalue weighted by molar-refractivity contribution is -0.122. The van der Waals surface area contributed by atoms with E-state index in [9.17, 15) is 14.7 Å². The van der Waals surface area contributed by atoms with Gasteiger partial charge in [0.2, 0.25) is 5.91 Å². The highest BCUT2D eigenvalue weighted by Gasteiger charge is 2.27. The highest BCUT2D eigenvalue weighted by molar-refractivity contribution is 5.96. The summed E-state index contributed by atoms with van der Waals surface area (Å²) in [5, 5.41) is 13.0. The smallest absolute Gasteiger partial charge is 0.254 e. The molecule has 0 aliphatic heterocycles. The van der Waals surface area contributed by atoms with Crippen LogP contribution in [-0.2, 0) is 10.4 Å². The number of benzene rings is 1. The van der Waals surface area contributed by atoms with Crippen molar-refractivity contribution < 1.29 is 19.1 Å². The Labute approximate surface area is 141 Å². The number of carbonyl (C=O) groups excluding carboxylic acids is 2. The van der Waals surface area contributed by atoms with Crippen molar-refractivity contribution in [2.75, 3.05) is 20.1 Å². The van der Waals surface area contributed by atoms with Crippen molar-refractivity contribution in [3.63, 3.8) is 0 Å². The molecule has 2 amide bonds. The van der Waals surface area contributed by atoms with Crippen LogP contribution in [0.25, 0.3) is 0 Å². The van der Waals surface area contributed by atoms with Crippen LogP contribution in [0, 0.1) is 6.92 Å². The average molecular weight is 330 g/mol. The van der Waals surface area contributed by atoms with Gasteiger partial charge in [0.1, 0.15) is 17.1 Å². The normalized spacial score (nSPS) is 13.2. The number of nitrogens with zero attached hydrogens (tertiary/aromatic N) is 1. The summed E-state index contributed by atoms with van der Waals surface area (Å²) in [7, 11) is 1.56. The van der Waals surface area contributed by atoms with Gasteiger partial charge in [0, 0.05) is 12.6 Å². The van der Waals surface area contributed by atoms with Crippen molar-refractivity contribution in [1.82, 2.24) is 10.2 Å². The summed E-state index contributed by atoms with van der Waals surface area (Å²) in [6, 6.07) is 12.2. The summed E-state index contributed by atoms with van der Waals surface area (Å²) < 4.78 is 5.39. The molecule has 0 aliphatic carbocycles. The molecule has 0 saturated carbocycles. The van der Waals surface area contributed by atoms with Crippen LogP contribution in [0.3, 0.4) is 0 Å². The number of likely N-dealkylation sites (N-methyl/N-ethyl adjacent to an activating group) is 1. The maximum absolute atomic E-state index is 12.2. The van der Waals surface area contributed by atoms with Gasteiger partial charge in [-0.15, -0.1) is 0 Å². The fourth-order valence-corrected chi connectivity index (χ4v) is 2.23. The summed E-state index contributed by atoms with van der Waals surface area (Å²) in [5.41, 5.74) is -0.794. The van der Waals surface area contributed by atoms with E-state index in [-0.39, 0.29) is 24.9 Å². The molecule has 0 spiro atoms. The fourth-order valence-electron chi connectivity index (χ4n) is 2.23. The van der Waals surface area contributed by atoms with Crippen molar-refractivity contribution in [2.45, 2.75) is 19.4 Å². The minimum atomic E-state index is -1.31. The molecule has 1 heterocycles. The number of rotatable bonds is 6. The Morgan fingerprint density at radius 1 is 1.21 bits per heavy atom. The van der Waals surface area contributed by atoms with E-state index in [0.29, 0.717) is 17.1 Å². The summed E-state index contributed by atoms with van der Waals surface area (Å²) >= 11 is 0. The highest BCUT2D eigenvalue weighted by atomic mass is 16.4. The first-order valence-corrected chi connectivity index (χ1v) is 7.66. The SMILES string of the molecule is Cc1ccc(C(C)(O)CNC(=O)CN(C)C(=O)c2ccccc2)o1. The van der Waals surface area contributed by atoms with Crippen molar-refractivity contribution in [3.05, 3.63) is 59.5 Å². The van der Waals surface area contributed by atoms with Gasteiger partial charge in [0.05, 0.1) is 13.1 Å². The molecule has 1 aromatic carbocycles. The first kappa shape index (κ1) is 17.7. The monoisotopic (exact) mass is 330 g/mol. The third-order valence-corrected chi connectivity index (χ3v) is 3.65. The van der Waals surface area contributed by atoms with Gasteiger partial charge in [-0.05, 0) is 38.1 Å². The lowest BCUT2D eigenvalue weighted by Crippen LogP contribution is -2.43. The second-order valence-corrected chi connectivity index (χ2v) is 5.99. The molecule has 1 atom stereocenters.